The molecule has 10 heteroatoms. The van der Waals surface area contributed by atoms with E-state index < -0.39 is 23.0 Å². The van der Waals surface area contributed by atoms with E-state index in [1.54, 1.807) is 6.07 Å². The molecule has 0 bridgehead atoms. The molecular weight excluding hydrogens is 502 g/mol. The van der Waals surface area contributed by atoms with E-state index in [2.05, 4.69) is 16.0 Å². The third-order valence-corrected chi connectivity index (χ3v) is 6.68. The lowest BCUT2D eigenvalue weighted by Crippen LogP contribution is -2.43. The third kappa shape index (κ3) is 6.39. The fourth-order valence-corrected chi connectivity index (χ4v) is 4.52. The van der Waals surface area contributed by atoms with Crippen molar-refractivity contribution in [3.63, 3.8) is 0 Å². The number of ether oxygens (including phenoxy) is 2. The zero-order chi connectivity index (χ0) is 27.6. The fourth-order valence-electron chi connectivity index (χ4n) is 4.52. The van der Waals surface area contributed by atoms with Gasteiger partial charge in [0.15, 0.2) is 6.61 Å². The summed E-state index contributed by atoms with van der Waals surface area (Å²) in [5.74, 6) is -0.423. The maximum Gasteiger partial charge on any atom is 0.336 e. The molecule has 1 fully saturated rings. The number of fused-ring (bicyclic) bond motifs is 3. The Labute approximate surface area is 225 Å². The Morgan fingerprint density at radius 2 is 1.72 bits per heavy atom. The largest absolute Gasteiger partial charge is 0.487 e. The van der Waals surface area contributed by atoms with E-state index in [9.17, 15) is 19.2 Å². The number of nitrogens with one attached hydrogen (secondary N) is 3. The van der Waals surface area contributed by atoms with Gasteiger partial charge >= 0.3 is 5.63 Å². The number of amides is 3. The summed E-state index contributed by atoms with van der Waals surface area (Å²) in [6, 6.07) is 12.7. The van der Waals surface area contributed by atoms with Crippen LogP contribution < -0.4 is 31.0 Å². The Morgan fingerprint density at radius 3 is 2.46 bits per heavy atom. The molecule has 1 aliphatic carbocycles. The van der Waals surface area contributed by atoms with Crippen LogP contribution in [0.2, 0.25) is 0 Å². The molecule has 2 aromatic carbocycles. The van der Waals surface area contributed by atoms with Crippen molar-refractivity contribution in [2.24, 2.45) is 0 Å². The van der Waals surface area contributed by atoms with Gasteiger partial charge in [-0.1, -0.05) is 30.3 Å². The first kappa shape index (κ1) is 26.3. The number of aryl methyl sites for hydroxylation is 1. The quantitative estimate of drug-likeness (QED) is 0.360. The zero-order valence-corrected chi connectivity index (χ0v) is 21.9. The molecule has 2 aliphatic rings. The Morgan fingerprint density at radius 1 is 1.00 bits per heavy atom. The number of carbonyl (C=O) groups excluding carboxylic acids is 3. The van der Waals surface area contributed by atoms with Gasteiger partial charge in [-0.25, -0.2) is 4.79 Å². The Balaban J connectivity index is 1.35. The molecule has 0 saturated heterocycles. The Kier molecular flexibility index (Phi) is 7.28. The van der Waals surface area contributed by atoms with Crippen LogP contribution in [0.25, 0.3) is 22.1 Å². The molecule has 3 amide bonds. The minimum atomic E-state index is -0.529. The SMILES string of the molecule is CC1(C)CCc2c(cc(OCC(=O)NCC(=O)NCC(=O)NC3CC3)c3c(-c4ccccc4)cc(=O)oc23)O1. The van der Waals surface area contributed by atoms with Crippen LogP contribution in [-0.2, 0) is 20.8 Å². The van der Waals surface area contributed by atoms with Crippen LogP contribution in [0.15, 0.2) is 51.7 Å². The summed E-state index contributed by atoms with van der Waals surface area (Å²) >= 11 is 0. The summed E-state index contributed by atoms with van der Waals surface area (Å²) < 4.78 is 17.8. The first-order chi connectivity index (χ1) is 18.7. The van der Waals surface area contributed by atoms with E-state index in [1.165, 1.54) is 6.07 Å². The lowest BCUT2D eigenvalue weighted by molar-refractivity contribution is -0.128. The molecule has 1 aromatic heterocycles. The highest BCUT2D eigenvalue weighted by Gasteiger charge is 2.31. The molecule has 0 spiro atoms. The van der Waals surface area contributed by atoms with Crippen molar-refractivity contribution in [1.29, 1.82) is 0 Å². The summed E-state index contributed by atoms with van der Waals surface area (Å²) in [5, 5.41) is 8.31. The number of rotatable bonds is 9. The van der Waals surface area contributed by atoms with Gasteiger partial charge in [0, 0.05) is 29.3 Å². The average molecular weight is 534 g/mol. The van der Waals surface area contributed by atoms with E-state index in [0.29, 0.717) is 34.5 Å². The zero-order valence-electron chi connectivity index (χ0n) is 21.9. The van der Waals surface area contributed by atoms with Gasteiger partial charge in [-0.2, -0.15) is 0 Å². The highest BCUT2D eigenvalue weighted by molar-refractivity contribution is 6.00. The maximum absolute atomic E-state index is 12.6. The minimum Gasteiger partial charge on any atom is -0.487 e. The minimum absolute atomic E-state index is 0.146. The number of hydrogen-bond acceptors (Lipinski definition) is 7. The van der Waals surface area contributed by atoms with Gasteiger partial charge in [0.05, 0.1) is 18.5 Å². The number of benzene rings is 2. The van der Waals surface area contributed by atoms with E-state index in [0.717, 1.165) is 30.4 Å². The predicted octanol–water partition coefficient (Wildman–Crippen LogP) is 2.45. The Hall–Kier alpha value is -4.34. The molecule has 3 N–H and O–H groups in total. The van der Waals surface area contributed by atoms with Gasteiger partial charge in [0.25, 0.3) is 5.91 Å². The number of carbonyl (C=O) groups is 3. The van der Waals surface area contributed by atoms with E-state index in [-0.39, 0.29) is 31.6 Å². The molecule has 0 radical (unpaired) electrons. The standard InChI is InChI=1S/C29H31N3O7/c1-29(2)11-10-19-21(39-29)13-22(27-20(12-26(36)38-28(19)27)17-6-4-3-5-7-17)37-16-25(35)31-14-23(33)30-15-24(34)32-18-8-9-18/h3-7,12-13,18H,8-11,14-16H2,1-2H3,(H,30,33)(H,31,35)(H,32,34). The molecule has 5 rings (SSSR count). The van der Waals surface area contributed by atoms with Crippen LogP contribution in [0.3, 0.4) is 0 Å². The molecule has 39 heavy (non-hydrogen) atoms. The lowest BCUT2D eigenvalue weighted by atomic mass is 9.91. The molecular formula is C29H31N3O7. The highest BCUT2D eigenvalue weighted by atomic mass is 16.5. The summed E-state index contributed by atoms with van der Waals surface area (Å²) in [5.41, 5.74) is 1.64. The molecule has 1 aliphatic heterocycles. The van der Waals surface area contributed by atoms with Crippen LogP contribution in [0.5, 0.6) is 11.5 Å². The monoisotopic (exact) mass is 533 g/mol. The van der Waals surface area contributed by atoms with Gasteiger partial charge in [-0.15, -0.1) is 0 Å². The maximum atomic E-state index is 12.6. The van der Waals surface area contributed by atoms with Crippen LogP contribution in [0, 0.1) is 0 Å². The van der Waals surface area contributed by atoms with Gasteiger partial charge in [-0.3, -0.25) is 14.4 Å². The molecule has 2 heterocycles. The average Bonchev–Trinajstić information content (AvgIpc) is 3.72. The molecule has 0 atom stereocenters. The summed E-state index contributed by atoms with van der Waals surface area (Å²) in [7, 11) is 0. The summed E-state index contributed by atoms with van der Waals surface area (Å²) in [4.78, 5) is 48.9. The molecule has 204 valence electrons. The molecule has 1 saturated carbocycles. The van der Waals surface area contributed by atoms with Crippen molar-refractivity contribution in [1.82, 2.24) is 16.0 Å². The van der Waals surface area contributed by atoms with E-state index >= 15 is 0 Å². The van der Waals surface area contributed by atoms with Gasteiger partial charge in [0.2, 0.25) is 11.8 Å². The van der Waals surface area contributed by atoms with E-state index in [1.807, 2.05) is 44.2 Å². The van der Waals surface area contributed by atoms with Gasteiger partial charge in [-0.05, 0) is 45.1 Å². The van der Waals surface area contributed by atoms with Crippen LogP contribution >= 0.6 is 0 Å². The second-order valence-electron chi connectivity index (χ2n) is 10.4. The van der Waals surface area contributed by atoms with Crippen molar-refractivity contribution in [2.45, 2.75) is 51.2 Å². The number of hydrogen-bond donors (Lipinski definition) is 3. The molecule has 3 aromatic rings. The van der Waals surface area contributed by atoms with Gasteiger partial charge < -0.3 is 29.8 Å². The van der Waals surface area contributed by atoms with Crippen molar-refractivity contribution in [3.05, 3.63) is 58.4 Å². The second kappa shape index (κ2) is 10.8. The normalized spacial score (nSPS) is 15.5. The van der Waals surface area contributed by atoms with E-state index in [4.69, 9.17) is 13.9 Å². The Bertz CT molecular complexity index is 1480. The van der Waals surface area contributed by atoms with Gasteiger partial charge in [0.1, 0.15) is 22.7 Å². The first-order valence-electron chi connectivity index (χ1n) is 13.0. The highest BCUT2D eigenvalue weighted by Crippen LogP contribution is 2.44. The van der Waals surface area contributed by atoms with Crippen molar-refractivity contribution in [3.8, 4) is 22.6 Å². The van der Waals surface area contributed by atoms with Crippen LogP contribution in [0.1, 0.15) is 38.7 Å². The summed E-state index contributed by atoms with van der Waals surface area (Å²) in [6.07, 6.45) is 3.30. The van der Waals surface area contributed by atoms with Crippen molar-refractivity contribution < 1.29 is 28.3 Å². The first-order valence-corrected chi connectivity index (χ1v) is 13.0. The van der Waals surface area contributed by atoms with Crippen molar-refractivity contribution in [2.75, 3.05) is 19.7 Å². The van der Waals surface area contributed by atoms with Crippen molar-refractivity contribution >= 4 is 28.7 Å². The van der Waals surface area contributed by atoms with Crippen LogP contribution in [0.4, 0.5) is 0 Å². The fraction of sp³-hybridized carbons (Fsp3) is 0.379. The topological polar surface area (TPSA) is 136 Å². The molecule has 10 nitrogen and oxygen atoms in total. The lowest BCUT2D eigenvalue weighted by Gasteiger charge is -2.33. The molecule has 0 unspecified atom stereocenters. The van der Waals surface area contributed by atoms with Crippen LogP contribution in [-0.4, -0.2) is 49.1 Å². The third-order valence-electron chi connectivity index (χ3n) is 6.68. The summed E-state index contributed by atoms with van der Waals surface area (Å²) in [6.45, 7) is 3.12. The predicted molar refractivity (Wildman–Crippen MR) is 144 cm³/mol. The second-order valence-corrected chi connectivity index (χ2v) is 10.4. The smallest absolute Gasteiger partial charge is 0.336 e.